The lowest BCUT2D eigenvalue weighted by Gasteiger charge is -2.23. The SMILES string of the molecule is CCOCCCC(C)(C(=O)O)C(=O)NC1CC1. The zero-order valence-electron chi connectivity index (χ0n) is 10.5. The Hall–Kier alpha value is -1.10. The average Bonchev–Trinajstić information content (AvgIpc) is 3.07. The van der Waals surface area contributed by atoms with Gasteiger partial charge in [-0.3, -0.25) is 9.59 Å². The molecule has 98 valence electrons. The molecule has 0 aromatic rings. The van der Waals surface area contributed by atoms with Crippen molar-refractivity contribution in [3.8, 4) is 0 Å². The molecule has 0 aliphatic heterocycles. The molecular weight excluding hydrogens is 222 g/mol. The van der Waals surface area contributed by atoms with Crippen LogP contribution in [0.5, 0.6) is 0 Å². The maximum Gasteiger partial charge on any atom is 0.318 e. The molecule has 1 unspecified atom stereocenters. The molecule has 0 saturated heterocycles. The minimum atomic E-state index is -1.33. The molecule has 5 nitrogen and oxygen atoms in total. The van der Waals surface area contributed by atoms with Crippen LogP contribution in [0.2, 0.25) is 0 Å². The summed E-state index contributed by atoms with van der Waals surface area (Å²) in [5.74, 6) is -1.43. The Labute approximate surface area is 102 Å². The van der Waals surface area contributed by atoms with Gasteiger partial charge in [0.2, 0.25) is 5.91 Å². The molecule has 1 aliphatic rings. The number of carbonyl (C=O) groups excluding carboxylic acids is 1. The lowest BCUT2D eigenvalue weighted by molar-refractivity contribution is -0.155. The molecule has 0 aromatic carbocycles. The molecule has 1 rings (SSSR count). The molecule has 1 aliphatic carbocycles. The summed E-state index contributed by atoms with van der Waals surface area (Å²) in [6.45, 7) is 4.48. The van der Waals surface area contributed by atoms with E-state index in [4.69, 9.17) is 4.74 Å². The van der Waals surface area contributed by atoms with Gasteiger partial charge >= 0.3 is 5.97 Å². The summed E-state index contributed by atoms with van der Waals surface area (Å²) in [5, 5.41) is 11.9. The second-order valence-electron chi connectivity index (χ2n) is 4.69. The number of ether oxygens (including phenoxy) is 1. The molecule has 0 aromatic heterocycles. The Morgan fingerprint density at radius 2 is 2.12 bits per heavy atom. The molecule has 0 radical (unpaired) electrons. The van der Waals surface area contributed by atoms with E-state index in [1.807, 2.05) is 6.92 Å². The van der Waals surface area contributed by atoms with Crippen molar-refractivity contribution in [2.75, 3.05) is 13.2 Å². The first kappa shape index (κ1) is 14.0. The number of nitrogens with one attached hydrogen (secondary N) is 1. The Bertz CT molecular complexity index is 288. The smallest absolute Gasteiger partial charge is 0.318 e. The average molecular weight is 243 g/mol. The summed E-state index contributed by atoms with van der Waals surface area (Å²) in [5.41, 5.74) is -1.33. The zero-order chi connectivity index (χ0) is 12.9. The van der Waals surface area contributed by atoms with Crippen LogP contribution in [0.15, 0.2) is 0 Å². The van der Waals surface area contributed by atoms with Crippen molar-refractivity contribution in [2.45, 2.75) is 45.6 Å². The van der Waals surface area contributed by atoms with E-state index < -0.39 is 11.4 Å². The Morgan fingerprint density at radius 1 is 1.47 bits per heavy atom. The maximum atomic E-state index is 11.9. The van der Waals surface area contributed by atoms with Crippen molar-refractivity contribution in [1.82, 2.24) is 5.32 Å². The van der Waals surface area contributed by atoms with Gasteiger partial charge in [-0.15, -0.1) is 0 Å². The predicted octanol–water partition coefficient (Wildman–Crippen LogP) is 1.17. The second-order valence-corrected chi connectivity index (χ2v) is 4.69. The molecule has 0 heterocycles. The van der Waals surface area contributed by atoms with Crippen LogP contribution in [0.25, 0.3) is 0 Å². The largest absolute Gasteiger partial charge is 0.480 e. The van der Waals surface area contributed by atoms with Gasteiger partial charge in [-0.2, -0.15) is 0 Å². The fraction of sp³-hybridized carbons (Fsp3) is 0.833. The van der Waals surface area contributed by atoms with Crippen molar-refractivity contribution in [3.63, 3.8) is 0 Å². The number of carboxylic acids is 1. The normalized spacial score (nSPS) is 18.5. The van der Waals surface area contributed by atoms with Gasteiger partial charge in [0, 0.05) is 19.3 Å². The molecule has 1 atom stereocenters. The van der Waals surface area contributed by atoms with Gasteiger partial charge in [0.25, 0.3) is 0 Å². The third-order valence-electron chi connectivity index (χ3n) is 3.06. The van der Waals surface area contributed by atoms with Crippen molar-refractivity contribution in [2.24, 2.45) is 5.41 Å². The minimum Gasteiger partial charge on any atom is -0.480 e. The number of amides is 1. The molecule has 2 N–H and O–H groups in total. The Balaban J connectivity index is 2.47. The number of carbonyl (C=O) groups is 2. The molecule has 17 heavy (non-hydrogen) atoms. The van der Waals surface area contributed by atoms with Gasteiger partial charge in [0.1, 0.15) is 5.41 Å². The summed E-state index contributed by atoms with van der Waals surface area (Å²) < 4.78 is 5.16. The molecular formula is C12H21NO4. The molecule has 5 heteroatoms. The summed E-state index contributed by atoms with van der Waals surface area (Å²) in [7, 11) is 0. The standard InChI is InChI=1S/C12H21NO4/c1-3-17-8-4-7-12(2,11(15)16)10(14)13-9-5-6-9/h9H,3-8H2,1-2H3,(H,13,14)(H,15,16). The number of carboxylic acid groups (broad SMARTS) is 1. The number of hydrogen-bond acceptors (Lipinski definition) is 3. The van der Waals surface area contributed by atoms with E-state index >= 15 is 0 Å². The third kappa shape index (κ3) is 4.00. The summed E-state index contributed by atoms with van der Waals surface area (Å²) in [6, 6.07) is 0.188. The fourth-order valence-electron chi connectivity index (χ4n) is 1.56. The Morgan fingerprint density at radius 3 is 2.59 bits per heavy atom. The van der Waals surface area contributed by atoms with Crippen LogP contribution >= 0.6 is 0 Å². The highest BCUT2D eigenvalue weighted by Gasteiger charge is 2.42. The first-order chi connectivity index (χ1) is 8.00. The van der Waals surface area contributed by atoms with Crippen LogP contribution in [-0.2, 0) is 14.3 Å². The highest BCUT2D eigenvalue weighted by molar-refractivity contribution is 6.01. The van der Waals surface area contributed by atoms with Gasteiger partial charge in [0.15, 0.2) is 0 Å². The molecule has 0 bridgehead atoms. The second kappa shape index (κ2) is 6.00. The Kier molecular flexibility index (Phi) is 4.93. The van der Waals surface area contributed by atoms with E-state index in [-0.39, 0.29) is 11.9 Å². The summed E-state index contributed by atoms with van der Waals surface area (Å²) >= 11 is 0. The van der Waals surface area contributed by atoms with Crippen LogP contribution in [0.1, 0.15) is 39.5 Å². The third-order valence-corrected chi connectivity index (χ3v) is 3.06. The summed E-state index contributed by atoms with van der Waals surface area (Å²) in [4.78, 5) is 23.1. The maximum absolute atomic E-state index is 11.9. The van der Waals surface area contributed by atoms with Crippen LogP contribution in [-0.4, -0.2) is 36.2 Å². The van der Waals surface area contributed by atoms with Gasteiger partial charge < -0.3 is 15.2 Å². The fourth-order valence-corrected chi connectivity index (χ4v) is 1.56. The topological polar surface area (TPSA) is 75.6 Å². The first-order valence-corrected chi connectivity index (χ1v) is 6.13. The monoisotopic (exact) mass is 243 g/mol. The van der Waals surface area contributed by atoms with E-state index in [0.29, 0.717) is 26.1 Å². The quantitative estimate of drug-likeness (QED) is 0.495. The van der Waals surface area contributed by atoms with Crippen molar-refractivity contribution in [1.29, 1.82) is 0 Å². The van der Waals surface area contributed by atoms with E-state index in [9.17, 15) is 14.7 Å². The first-order valence-electron chi connectivity index (χ1n) is 6.13. The predicted molar refractivity (Wildman–Crippen MR) is 62.6 cm³/mol. The van der Waals surface area contributed by atoms with Crippen LogP contribution < -0.4 is 5.32 Å². The number of hydrogen-bond donors (Lipinski definition) is 2. The highest BCUT2D eigenvalue weighted by atomic mass is 16.5. The van der Waals surface area contributed by atoms with E-state index in [0.717, 1.165) is 12.8 Å². The molecule has 1 fully saturated rings. The minimum absolute atomic E-state index is 0.188. The van der Waals surface area contributed by atoms with Crippen molar-refractivity contribution in [3.05, 3.63) is 0 Å². The van der Waals surface area contributed by atoms with Crippen LogP contribution in [0.3, 0.4) is 0 Å². The van der Waals surface area contributed by atoms with E-state index in [2.05, 4.69) is 5.32 Å². The lowest BCUT2D eigenvalue weighted by atomic mass is 9.84. The zero-order valence-corrected chi connectivity index (χ0v) is 10.5. The number of rotatable bonds is 8. The molecule has 1 saturated carbocycles. The lowest BCUT2D eigenvalue weighted by Crippen LogP contribution is -2.45. The molecule has 0 spiro atoms. The van der Waals surface area contributed by atoms with E-state index in [1.54, 1.807) is 0 Å². The van der Waals surface area contributed by atoms with Crippen molar-refractivity contribution < 1.29 is 19.4 Å². The molecule has 1 amide bonds. The summed E-state index contributed by atoms with van der Waals surface area (Å²) in [6.07, 6.45) is 2.80. The van der Waals surface area contributed by atoms with E-state index in [1.165, 1.54) is 6.92 Å². The van der Waals surface area contributed by atoms with Crippen LogP contribution in [0.4, 0.5) is 0 Å². The van der Waals surface area contributed by atoms with Crippen LogP contribution in [0, 0.1) is 5.41 Å². The van der Waals surface area contributed by atoms with Gasteiger partial charge in [-0.05, 0) is 39.5 Å². The van der Waals surface area contributed by atoms with Gasteiger partial charge in [0.05, 0.1) is 0 Å². The number of aliphatic carboxylic acids is 1. The highest BCUT2D eigenvalue weighted by Crippen LogP contribution is 2.27. The van der Waals surface area contributed by atoms with Gasteiger partial charge in [-0.1, -0.05) is 0 Å². The van der Waals surface area contributed by atoms with Gasteiger partial charge in [-0.25, -0.2) is 0 Å². The van der Waals surface area contributed by atoms with Crippen molar-refractivity contribution >= 4 is 11.9 Å².